The molecule has 0 aromatic carbocycles. The fraction of sp³-hybridized carbons (Fsp3) is 1.00. The normalized spacial score (nSPS) is 42.7. The highest BCUT2D eigenvalue weighted by Crippen LogP contribution is 2.23. The van der Waals surface area contributed by atoms with Gasteiger partial charge in [-0.05, 0) is 0 Å². The first-order valence-electron chi connectivity index (χ1n) is 3.28. The van der Waals surface area contributed by atoms with Crippen molar-refractivity contribution in [1.29, 1.82) is 0 Å². The van der Waals surface area contributed by atoms with Crippen LogP contribution in [0.3, 0.4) is 0 Å². The lowest BCUT2D eigenvalue weighted by atomic mass is 10.1. The first kappa shape index (κ1) is 5.65. The quantitative estimate of drug-likeness (QED) is 0.462. The van der Waals surface area contributed by atoms with Crippen LogP contribution in [0.25, 0.3) is 0 Å². The lowest BCUT2D eigenvalue weighted by Crippen LogP contribution is -2.42. The monoisotopic (exact) mass is 130 g/mol. The van der Waals surface area contributed by atoms with Gasteiger partial charge >= 0.3 is 0 Å². The van der Waals surface area contributed by atoms with Crippen molar-refractivity contribution >= 4 is 0 Å². The first-order valence-corrected chi connectivity index (χ1v) is 3.28. The molecule has 0 radical (unpaired) electrons. The second-order valence-electron chi connectivity index (χ2n) is 2.41. The van der Waals surface area contributed by atoms with Gasteiger partial charge in [0.2, 0.25) is 0 Å². The van der Waals surface area contributed by atoms with Gasteiger partial charge in [0.05, 0.1) is 32.3 Å². The van der Waals surface area contributed by atoms with Crippen molar-refractivity contribution in [3.63, 3.8) is 0 Å². The van der Waals surface area contributed by atoms with Gasteiger partial charge in [-0.15, -0.1) is 0 Å². The van der Waals surface area contributed by atoms with Gasteiger partial charge in [0.15, 0.2) is 6.29 Å². The fourth-order valence-corrected chi connectivity index (χ4v) is 1.08. The van der Waals surface area contributed by atoms with Crippen LogP contribution in [0.4, 0.5) is 0 Å². The van der Waals surface area contributed by atoms with Crippen LogP contribution >= 0.6 is 0 Å². The third-order valence-corrected chi connectivity index (χ3v) is 1.70. The van der Waals surface area contributed by atoms with E-state index in [1.165, 1.54) is 0 Å². The van der Waals surface area contributed by atoms with Gasteiger partial charge in [-0.3, -0.25) is 0 Å². The minimum absolute atomic E-state index is 0.0486. The predicted molar refractivity (Wildman–Crippen MR) is 30.0 cm³/mol. The topological polar surface area (TPSA) is 27.7 Å². The largest absolute Gasteiger partial charge is 0.378 e. The number of ether oxygens (including phenoxy) is 3. The number of hydrogen-bond donors (Lipinski definition) is 0. The number of fused-ring (bicyclic) bond motifs is 1. The van der Waals surface area contributed by atoms with E-state index < -0.39 is 0 Å². The molecule has 2 fully saturated rings. The molecule has 2 aliphatic heterocycles. The molecular weight excluding hydrogens is 120 g/mol. The van der Waals surface area contributed by atoms with E-state index in [2.05, 4.69) is 0 Å². The molecule has 2 unspecified atom stereocenters. The van der Waals surface area contributed by atoms with Crippen molar-refractivity contribution in [2.75, 3.05) is 26.4 Å². The minimum atomic E-state index is 0.0486. The molecule has 3 nitrogen and oxygen atoms in total. The van der Waals surface area contributed by atoms with Crippen molar-refractivity contribution in [3.05, 3.63) is 0 Å². The zero-order valence-electron chi connectivity index (χ0n) is 5.21. The summed E-state index contributed by atoms with van der Waals surface area (Å²) >= 11 is 0. The van der Waals surface area contributed by atoms with E-state index in [1.54, 1.807) is 0 Å². The van der Waals surface area contributed by atoms with E-state index in [9.17, 15) is 0 Å². The summed E-state index contributed by atoms with van der Waals surface area (Å²) in [6.45, 7) is 3.02. The van der Waals surface area contributed by atoms with Gasteiger partial charge in [0.1, 0.15) is 0 Å². The highest BCUT2D eigenvalue weighted by molar-refractivity contribution is 4.72. The molecule has 2 saturated heterocycles. The van der Waals surface area contributed by atoms with Crippen LogP contribution < -0.4 is 0 Å². The molecule has 2 aliphatic rings. The SMILES string of the molecule is C1COC2OCC2CO1. The highest BCUT2D eigenvalue weighted by Gasteiger charge is 2.34. The van der Waals surface area contributed by atoms with Gasteiger partial charge in [0.25, 0.3) is 0 Å². The average Bonchev–Trinajstić information content (AvgIpc) is 1.94. The summed E-state index contributed by atoms with van der Waals surface area (Å²) in [6.07, 6.45) is 0.0486. The summed E-state index contributed by atoms with van der Waals surface area (Å²) < 4.78 is 15.6. The first-order chi connectivity index (χ1) is 4.47. The molecule has 0 spiro atoms. The molecule has 2 atom stereocenters. The van der Waals surface area contributed by atoms with Crippen molar-refractivity contribution in [3.8, 4) is 0 Å². The molecule has 9 heavy (non-hydrogen) atoms. The summed E-state index contributed by atoms with van der Waals surface area (Å²) in [5, 5.41) is 0. The Hall–Kier alpha value is -0.120. The number of hydrogen-bond acceptors (Lipinski definition) is 3. The van der Waals surface area contributed by atoms with Crippen molar-refractivity contribution in [2.45, 2.75) is 6.29 Å². The Balaban J connectivity index is 1.90. The van der Waals surface area contributed by atoms with E-state index in [0.29, 0.717) is 12.5 Å². The Bertz CT molecular complexity index is 92.5. The molecule has 2 rings (SSSR count). The molecular formula is C6H10O3. The van der Waals surface area contributed by atoms with Gasteiger partial charge in [-0.25, -0.2) is 0 Å². The van der Waals surface area contributed by atoms with Gasteiger partial charge in [0, 0.05) is 0 Å². The Morgan fingerprint density at radius 1 is 1.00 bits per heavy atom. The molecule has 0 bridgehead atoms. The maximum Gasteiger partial charge on any atom is 0.164 e. The molecule has 2 heterocycles. The standard InChI is InChI=1S/C6H10O3/c1-2-8-6-5(3-7-1)4-9-6/h5-6H,1-4H2. The Labute approximate surface area is 53.9 Å². The zero-order valence-corrected chi connectivity index (χ0v) is 5.21. The lowest BCUT2D eigenvalue weighted by Gasteiger charge is -2.33. The van der Waals surface area contributed by atoms with Crippen LogP contribution in [0.15, 0.2) is 0 Å². The van der Waals surface area contributed by atoms with Crippen LogP contribution in [0, 0.1) is 5.92 Å². The maximum atomic E-state index is 5.25. The Morgan fingerprint density at radius 2 is 2.00 bits per heavy atom. The van der Waals surface area contributed by atoms with Crippen LogP contribution in [-0.4, -0.2) is 32.7 Å². The minimum Gasteiger partial charge on any atom is -0.378 e. The second kappa shape index (κ2) is 2.25. The molecule has 0 aromatic heterocycles. The molecule has 0 saturated carbocycles. The van der Waals surface area contributed by atoms with E-state index >= 15 is 0 Å². The van der Waals surface area contributed by atoms with E-state index in [-0.39, 0.29) is 6.29 Å². The summed E-state index contributed by atoms with van der Waals surface area (Å²) in [7, 11) is 0. The van der Waals surface area contributed by atoms with Crippen LogP contribution in [-0.2, 0) is 14.2 Å². The molecule has 3 heteroatoms. The molecule has 0 amide bonds. The van der Waals surface area contributed by atoms with Crippen LogP contribution in [0.1, 0.15) is 0 Å². The van der Waals surface area contributed by atoms with E-state index in [0.717, 1.165) is 19.8 Å². The Kier molecular flexibility index (Phi) is 1.41. The van der Waals surface area contributed by atoms with Crippen LogP contribution in [0.5, 0.6) is 0 Å². The summed E-state index contributed by atoms with van der Waals surface area (Å²) in [4.78, 5) is 0. The second-order valence-corrected chi connectivity index (χ2v) is 2.41. The Morgan fingerprint density at radius 3 is 2.78 bits per heavy atom. The van der Waals surface area contributed by atoms with Crippen molar-refractivity contribution < 1.29 is 14.2 Å². The fourth-order valence-electron chi connectivity index (χ4n) is 1.08. The maximum absolute atomic E-state index is 5.25. The van der Waals surface area contributed by atoms with E-state index in [1.807, 2.05) is 0 Å². The van der Waals surface area contributed by atoms with Gasteiger partial charge in [-0.2, -0.15) is 0 Å². The van der Waals surface area contributed by atoms with Gasteiger partial charge in [-0.1, -0.05) is 0 Å². The smallest absolute Gasteiger partial charge is 0.164 e. The van der Waals surface area contributed by atoms with Crippen LogP contribution in [0.2, 0.25) is 0 Å². The highest BCUT2D eigenvalue weighted by atomic mass is 16.7. The molecule has 0 aliphatic carbocycles. The molecule has 0 aromatic rings. The zero-order chi connectivity index (χ0) is 6.10. The average molecular weight is 130 g/mol. The summed E-state index contributed by atoms with van der Waals surface area (Å²) in [6, 6.07) is 0. The number of rotatable bonds is 0. The third-order valence-electron chi connectivity index (χ3n) is 1.70. The van der Waals surface area contributed by atoms with Gasteiger partial charge < -0.3 is 14.2 Å². The molecule has 52 valence electrons. The molecule has 0 N–H and O–H groups in total. The predicted octanol–water partition coefficient (Wildman–Crippen LogP) is 0.00570. The summed E-state index contributed by atoms with van der Waals surface area (Å²) in [5.74, 6) is 0.507. The van der Waals surface area contributed by atoms with E-state index in [4.69, 9.17) is 14.2 Å². The summed E-state index contributed by atoms with van der Waals surface area (Å²) in [5.41, 5.74) is 0. The van der Waals surface area contributed by atoms with Crippen molar-refractivity contribution in [2.24, 2.45) is 5.92 Å². The third kappa shape index (κ3) is 0.956. The van der Waals surface area contributed by atoms with Crippen molar-refractivity contribution in [1.82, 2.24) is 0 Å². The lowest BCUT2D eigenvalue weighted by molar-refractivity contribution is -0.251.